The summed E-state index contributed by atoms with van der Waals surface area (Å²) < 4.78 is 35.4. The molecule has 0 unspecified atom stereocenters. The van der Waals surface area contributed by atoms with Crippen LogP contribution >= 0.6 is 12.2 Å². The van der Waals surface area contributed by atoms with Gasteiger partial charge in [0.15, 0.2) is 14.9 Å². The van der Waals surface area contributed by atoms with Crippen LogP contribution in [0, 0.1) is 11.7 Å². The largest absolute Gasteiger partial charge is 0.357 e. The lowest BCUT2D eigenvalue weighted by Gasteiger charge is -2.13. The molecule has 22 heavy (non-hydrogen) atoms. The van der Waals surface area contributed by atoms with Crippen molar-refractivity contribution in [2.24, 2.45) is 5.92 Å². The predicted molar refractivity (Wildman–Crippen MR) is 83.9 cm³/mol. The van der Waals surface area contributed by atoms with Gasteiger partial charge in [0.1, 0.15) is 5.82 Å². The van der Waals surface area contributed by atoms with Crippen molar-refractivity contribution >= 4 is 33.1 Å². The first kappa shape index (κ1) is 16.6. The lowest BCUT2D eigenvalue weighted by Crippen LogP contribution is -2.48. The zero-order chi connectivity index (χ0) is 16.2. The Hall–Kier alpha value is -1.74. The highest BCUT2D eigenvalue weighted by Crippen LogP contribution is 2.17. The Bertz CT molecular complexity index is 662. The van der Waals surface area contributed by atoms with E-state index in [-0.39, 0.29) is 22.4 Å². The molecule has 1 aromatic rings. The molecule has 120 valence electrons. The molecule has 0 saturated carbocycles. The van der Waals surface area contributed by atoms with E-state index in [4.69, 9.17) is 12.2 Å². The van der Waals surface area contributed by atoms with Crippen LogP contribution in [0.3, 0.4) is 0 Å². The topological polar surface area (TPSA) is 87.3 Å². The molecule has 1 heterocycles. The molecule has 6 nitrogen and oxygen atoms in total. The SMILES string of the molecule is O=C(NNC(=S)NCc1ccc(F)cc1)[C@@H]1CCS(=O)(=O)C1. The summed E-state index contributed by atoms with van der Waals surface area (Å²) in [6, 6.07) is 5.92. The van der Waals surface area contributed by atoms with Crippen LogP contribution in [0.25, 0.3) is 0 Å². The van der Waals surface area contributed by atoms with Crippen molar-refractivity contribution in [3.8, 4) is 0 Å². The molecule has 2 rings (SSSR count). The summed E-state index contributed by atoms with van der Waals surface area (Å²) in [6.07, 6.45) is 0.325. The van der Waals surface area contributed by atoms with E-state index in [0.717, 1.165) is 5.56 Å². The van der Waals surface area contributed by atoms with E-state index in [1.165, 1.54) is 12.1 Å². The summed E-state index contributed by atoms with van der Waals surface area (Å²) in [5.41, 5.74) is 5.74. The molecule has 1 aromatic carbocycles. The van der Waals surface area contributed by atoms with Crippen molar-refractivity contribution in [2.45, 2.75) is 13.0 Å². The summed E-state index contributed by atoms with van der Waals surface area (Å²) >= 11 is 4.99. The second-order valence-corrected chi connectivity index (χ2v) is 7.66. The molecule has 1 saturated heterocycles. The highest BCUT2D eigenvalue weighted by Gasteiger charge is 2.32. The molecule has 1 atom stereocenters. The molecular formula is C13H16FN3O3S2. The number of carbonyl (C=O) groups is 1. The summed E-state index contributed by atoms with van der Waals surface area (Å²) in [6.45, 7) is 0.375. The normalized spacial score (nSPS) is 19.4. The second-order valence-electron chi connectivity index (χ2n) is 5.02. The molecular weight excluding hydrogens is 329 g/mol. The van der Waals surface area contributed by atoms with Gasteiger partial charge in [-0.25, -0.2) is 12.8 Å². The van der Waals surface area contributed by atoms with E-state index in [2.05, 4.69) is 16.2 Å². The lowest BCUT2D eigenvalue weighted by molar-refractivity contribution is -0.124. The maximum absolute atomic E-state index is 12.7. The van der Waals surface area contributed by atoms with Crippen LogP contribution in [0.2, 0.25) is 0 Å². The summed E-state index contributed by atoms with van der Waals surface area (Å²) in [7, 11) is -3.10. The van der Waals surface area contributed by atoms with E-state index in [1.54, 1.807) is 12.1 Å². The molecule has 1 aliphatic rings. The second kappa shape index (κ2) is 7.01. The number of halogens is 1. The van der Waals surface area contributed by atoms with Crippen LogP contribution in [0.5, 0.6) is 0 Å². The summed E-state index contributed by atoms with van der Waals surface area (Å²) in [5.74, 6) is -1.35. The van der Waals surface area contributed by atoms with Gasteiger partial charge in [-0.3, -0.25) is 15.6 Å². The Morgan fingerprint density at radius 1 is 1.27 bits per heavy atom. The third-order valence-electron chi connectivity index (χ3n) is 3.27. The van der Waals surface area contributed by atoms with Gasteiger partial charge in [-0.1, -0.05) is 12.1 Å². The van der Waals surface area contributed by atoms with Gasteiger partial charge < -0.3 is 5.32 Å². The zero-order valence-electron chi connectivity index (χ0n) is 11.6. The molecule has 1 fully saturated rings. The van der Waals surface area contributed by atoms with Gasteiger partial charge in [-0.2, -0.15) is 0 Å². The molecule has 0 spiro atoms. The van der Waals surface area contributed by atoms with Gasteiger partial charge in [0.2, 0.25) is 5.91 Å². The minimum Gasteiger partial charge on any atom is -0.357 e. The minimum atomic E-state index is -3.10. The Morgan fingerprint density at radius 2 is 1.95 bits per heavy atom. The van der Waals surface area contributed by atoms with Crippen LogP contribution in [0.15, 0.2) is 24.3 Å². The van der Waals surface area contributed by atoms with Crippen molar-refractivity contribution in [1.82, 2.24) is 16.2 Å². The lowest BCUT2D eigenvalue weighted by atomic mass is 10.1. The number of benzene rings is 1. The Morgan fingerprint density at radius 3 is 2.55 bits per heavy atom. The Balaban J connectivity index is 1.71. The number of nitrogens with one attached hydrogen (secondary N) is 3. The van der Waals surface area contributed by atoms with E-state index in [9.17, 15) is 17.6 Å². The molecule has 0 aliphatic carbocycles. The number of rotatable bonds is 3. The van der Waals surface area contributed by atoms with E-state index in [0.29, 0.717) is 13.0 Å². The van der Waals surface area contributed by atoms with Gasteiger partial charge in [-0.15, -0.1) is 0 Å². The van der Waals surface area contributed by atoms with E-state index >= 15 is 0 Å². The Kier molecular flexibility index (Phi) is 5.30. The first-order chi connectivity index (χ1) is 10.4. The fourth-order valence-electron chi connectivity index (χ4n) is 2.05. The molecule has 1 aliphatic heterocycles. The van der Waals surface area contributed by atoms with Crippen molar-refractivity contribution in [3.05, 3.63) is 35.6 Å². The maximum Gasteiger partial charge on any atom is 0.242 e. The Labute approximate surface area is 133 Å². The number of hydrogen-bond acceptors (Lipinski definition) is 4. The molecule has 0 bridgehead atoms. The zero-order valence-corrected chi connectivity index (χ0v) is 13.3. The van der Waals surface area contributed by atoms with Crippen molar-refractivity contribution in [1.29, 1.82) is 0 Å². The third kappa shape index (κ3) is 4.92. The van der Waals surface area contributed by atoms with Gasteiger partial charge in [-0.05, 0) is 36.3 Å². The smallest absolute Gasteiger partial charge is 0.242 e. The van der Waals surface area contributed by atoms with Crippen molar-refractivity contribution in [2.75, 3.05) is 11.5 Å². The molecule has 9 heteroatoms. The van der Waals surface area contributed by atoms with Crippen molar-refractivity contribution in [3.63, 3.8) is 0 Å². The van der Waals surface area contributed by atoms with Gasteiger partial charge >= 0.3 is 0 Å². The number of carbonyl (C=O) groups excluding carboxylic acids is 1. The average molecular weight is 345 g/mol. The quantitative estimate of drug-likeness (QED) is 0.538. The first-order valence-corrected chi connectivity index (χ1v) is 8.87. The number of sulfone groups is 1. The van der Waals surface area contributed by atoms with Crippen LogP contribution in [0.1, 0.15) is 12.0 Å². The number of amides is 1. The highest BCUT2D eigenvalue weighted by atomic mass is 32.2. The number of thiocarbonyl (C=S) groups is 1. The third-order valence-corrected chi connectivity index (χ3v) is 5.28. The first-order valence-electron chi connectivity index (χ1n) is 6.64. The maximum atomic E-state index is 12.7. The van der Waals surface area contributed by atoms with E-state index < -0.39 is 21.7 Å². The van der Waals surface area contributed by atoms with Gasteiger partial charge in [0.05, 0.1) is 17.4 Å². The highest BCUT2D eigenvalue weighted by molar-refractivity contribution is 7.91. The van der Waals surface area contributed by atoms with Crippen LogP contribution < -0.4 is 16.2 Å². The minimum absolute atomic E-state index is 0.0400. The standard InChI is InChI=1S/C13H16FN3O3S2/c14-11-3-1-9(2-4-11)7-15-13(21)17-16-12(18)10-5-6-22(19,20)8-10/h1-4,10H,5-8H2,(H,16,18)(H2,15,17,21)/t10-/m1/s1. The average Bonchev–Trinajstić information content (AvgIpc) is 2.84. The monoisotopic (exact) mass is 345 g/mol. The molecule has 0 radical (unpaired) electrons. The van der Waals surface area contributed by atoms with E-state index in [1.807, 2.05) is 0 Å². The molecule has 0 aromatic heterocycles. The summed E-state index contributed by atoms with van der Waals surface area (Å²) in [5, 5.41) is 3.04. The fraction of sp³-hybridized carbons (Fsp3) is 0.385. The van der Waals surface area contributed by atoms with Crippen molar-refractivity contribution < 1.29 is 17.6 Å². The van der Waals surface area contributed by atoms with Gasteiger partial charge in [0, 0.05) is 6.54 Å². The predicted octanol–water partition coefficient (Wildman–Crippen LogP) is 0.256. The van der Waals surface area contributed by atoms with Crippen LogP contribution in [-0.2, 0) is 21.2 Å². The molecule has 1 amide bonds. The number of hydrazine groups is 1. The van der Waals surface area contributed by atoms with Crippen LogP contribution in [-0.4, -0.2) is 30.9 Å². The fourth-order valence-corrected chi connectivity index (χ4v) is 3.92. The van der Waals surface area contributed by atoms with Crippen LogP contribution in [0.4, 0.5) is 4.39 Å². The van der Waals surface area contributed by atoms with Gasteiger partial charge in [0.25, 0.3) is 0 Å². The number of hydrogen-bond donors (Lipinski definition) is 3. The summed E-state index contributed by atoms with van der Waals surface area (Å²) in [4.78, 5) is 11.8. The molecule has 3 N–H and O–H groups in total.